The van der Waals surface area contributed by atoms with Gasteiger partial charge in [0.2, 0.25) is 10.0 Å². The van der Waals surface area contributed by atoms with Crippen LogP contribution in [-0.4, -0.2) is 44.9 Å². The molecule has 0 aromatic heterocycles. The summed E-state index contributed by atoms with van der Waals surface area (Å²) in [7, 11) is -3.69. The predicted octanol–water partition coefficient (Wildman–Crippen LogP) is 4.12. The predicted molar refractivity (Wildman–Crippen MR) is 157 cm³/mol. The van der Waals surface area contributed by atoms with E-state index in [2.05, 4.69) is 5.32 Å². The van der Waals surface area contributed by atoms with E-state index < -0.39 is 22.0 Å². The van der Waals surface area contributed by atoms with Crippen molar-refractivity contribution in [3.8, 4) is 16.9 Å². The molecule has 11 heteroatoms. The third-order valence-electron chi connectivity index (χ3n) is 5.40. The highest BCUT2D eigenvalue weighted by molar-refractivity contribution is 7.89. The maximum Gasteiger partial charge on any atom is 0.268 e. The number of nitrogens with one attached hydrogen (secondary N) is 2. The fourth-order valence-electron chi connectivity index (χ4n) is 3.64. The quantitative estimate of drug-likeness (QED) is 0.197. The Labute approximate surface area is 236 Å². The number of carbonyl (C=O) groups is 1. The number of carbonyl (C=O) groups excluding carboxylic acids is 1. The van der Waals surface area contributed by atoms with E-state index in [1.807, 2.05) is 55.0 Å². The molecule has 1 amide bonds. The highest BCUT2D eigenvalue weighted by Gasteiger charge is 2.18. The van der Waals surface area contributed by atoms with Crippen molar-refractivity contribution < 1.29 is 23.1 Å². The van der Waals surface area contributed by atoms with Gasteiger partial charge in [0.25, 0.3) is 5.91 Å². The minimum absolute atomic E-state index is 0. The average Bonchev–Trinajstić information content (AvgIpc) is 2.81. The van der Waals surface area contributed by atoms with Crippen molar-refractivity contribution in [3.63, 3.8) is 0 Å². The molecular formula is C27H35Cl2N3O5S. The van der Waals surface area contributed by atoms with E-state index in [0.29, 0.717) is 24.5 Å². The van der Waals surface area contributed by atoms with Crippen molar-refractivity contribution in [2.75, 3.05) is 25.1 Å². The second-order valence-electron chi connectivity index (χ2n) is 8.91. The van der Waals surface area contributed by atoms with E-state index in [9.17, 15) is 18.3 Å². The summed E-state index contributed by atoms with van der Waals surface area (Å²) < 4.78 is 30.7. The van der Waals surface area contributed by atoms with Gasteiger partial charge in [-0.3, -0.25) is 4.79 Å². The number of sulfonamides is 1. The molecule has 3 aromatic rings. The molecule has 38 heavy (non-hydrogen) atoms. The molecule has 0 saturated carbocycles. The standard InChI is InChI=1S/C27H33N3O5S.2ClH/c1-18(2)35-26-16-22(10-13-24(26)27(32)30-36(3,33)34)20-6-4-19(5-7-20)14-15-29-17-25(31)21-8-11-23(28)12-9-21;;/h4-13,16,18,25,29,31H,14-15,17,28H2,1-3H3,(H,30,32);2*1H/t25-;;/m1../s1. The van der Waals surface area contributed by atoms with Crippen LogP contribution in [0.4, 0.5) is 5.69 Å². The van der Waals surface area contributed by atoms with E-state index in [4.69, 9.17) is 10.5 Å². The summed E-state index contributed by atoms with van der Waals surface area (Å²) in [5.74, 6) is -0.416. The summed E-state index contributed by atoms with van der Waals surface area (Å²) in [6.07, 6.45) is 0.929. The Bertz CT molecular complexity index is 1290. The molecular weight excluding hydrogens is 549 g/mol. The van der Waals surface area contributed by atoms with Gasteiger partial charge >= 0.3 is 0 Å². The maximum atomic E-state index is 12.4. The first-order chi connectivity index (χ1) is 17.0. The summed E-state index contributed by atoms with van der Waals surface area (Å²) in [6, 6.07) is 20.3. The molecule has 0 unspecified atom stereocenters. The van der Waals surface area contributed by atoms with Crippen LogP contribution in [0.3, 0.4) is 0 Å². The summed E-state index contributed by atoms with van der Waals surface area (Å²) in [5.41, 5.74) is 10.2. The largest absolute Gasteiger partial charge is 0.490 e. The number of halogens is 2. The lowest BCUT2D eigenvalue weighted by atomic mass is 10.0. The molecule has 208 valence electrons. The highest BCUT2D eigenvalue weighted by atomic mass is 35.5. The number of aliphatic hydroxyl groups excluding tert-OH is 1. The van der Waals surface area contributed by atoms with Gasteiger partial charge in [-0.05, 0) is 73.3 Å². The molecule has 5 N–H and O–H groups in total. The van der Waals surface area contributed by atoms with Crippen molar-refractivity contribution in [1.82, 2.24) is 10.0 Å². The molecule has 0 radical (unpaired) electrons. The zero-order valence-corrected chi connectivity index (χ0v) is 24.0. The van der Waals surface area contributed by atoms with Crippen LogP contribution in [0.5, 0.6) is 5.75 Å². The van der Waals surface area contributed by atoms with Crippen LogP contribution in [0.1, 0.15) is 41.4 Å². The molecule has 8 nitrogen and oxygen atoms in total. The molecule has 3 rings (SSSR count). The van der Waals surface area contributed by atoms with Crippen LogP contribution in [0.15, 0.2) is 66.7 Å². The Morgan fingerprint density at radius 3 is 2.16 bits per heavy atom. The average molecular weight is 585 g/mol. The summed E-state index contributed by atoms with van der Waals surface area (Å²) in [6.45, 7) is 4.83. The van der Waals surface area contributed by atoms with Gasteiger partial charge in [-0.15, -0.1) is 24.8 Å². The lowest BCUT2D eigenvalue weighted by molar-refractivity contribution is 0.0976. The van der Waals surface area contributed by atoms with Crippen LogP contribution in [0, 0.1) is 0 Å². The maximum absolute atomic E-state index is 12.4. The second-order valence-corrected chi connectivity index (χ2v) is 10.7. The van der Waals surface area contributed by atoms with Gasteiger partial charge in [0, 0.05) is 12.2 Å². The second kappa shape index (κ2) is 14.9. The number of hydrogen-bond donors (Lipinski definition) is 4. The number of nitrogen functional groups attached to an aromatic ring is 1. The van der Waals surface area contributed by atoms with Gasteiger partial charge < -0.3 is 20.9 Å². The monoisotopic (exact) mass is 583 g/mol. The van der Waals surface area contributed by atoms with Gasteiger partial charge in [-0.25, -0.2) is 13.1 Å². The Balaban J connectivity index is 0.00000361. The lowest BCUT2D eigenvalue weighted by Gasteiger charge is -2.16. The Hall–Kier alpha value is -2.82. The first-order valence-electron chi connectivity index (χ1n) is 11.7. The van der Waals surface area contributed by atoms with Crippen LogP contribution >= 0.6 is 24.8 Å². The zero-order valence-electron chi connectivity index (χ0n) is 21.5. The summed E-state index contributed by atoms with van der Waals surface area (Å²) in [5, 5.41) is 13.6. The molecule has 0 spiro atoms. The summed E-state index contributed by atoms with van der Waals surface area (Å²) >= 11 is 0. The van der Waals surface area contributed by atoms with Crippen LogP contribution < -0.4 is 20.5 Å². The Morgan fingerprint density at radius 1 is 0.974 bits per heavy atom. The molecule has 0 aliphatic rings. The van der Waals surface area contributed by atoms with Gasteiger partial charge in [-0.1, -0.05) is 42.5 Å². The van der Waals surface area contributed by atoms with Crippen molar-refractivity contribution >= 4 is 46.4 Å². The Kier molecular flexibility index (Phi) is 13.1. The van der Waals surface area contributed by atoms with Crippen LogP contribution in [0.2, 0.25) is 0 Å². The molecule has 0 aliphatic heterocycles. The van der Waals surface area contributed by atoms with E-state index in [-0.39, 0.29) is 36.5 Å². The molecule has 0 fully saturated rings. The smallest absolute Gasteiger partial charge is 0.268 e. The Morgan fingerprint density at radius 2 is 1.58 bits per heavy atom. The lowest BCUT2D eigenvalue weighted by Crippen LogP contribution is -2.30. The van der Waals surface area contributed by atoms with Crippen molar-refractivity contribution in [2.24, 2.45) is 0 Å². The SMILES string of the molecule is CC(C)Oc1cc(-c2ccc(CCNC[C@@H](O)c3ccc(N)cc3)cc2)ccc1C(=O)NS(C)(=O)=O.Cl.Cl. The van der Waals surface area contributed by atoms with Gasteiger partial charge in [-0.2, -0.15) is 0 Å². The minimum Gasteiger partial charge on any atom is -0.490 e. The number of rotatable bonds is 11. The first-order valence-corrected chi connectivity index (χ1v) is 13.6. The van der Waals surface area contributed by atoms with Gasteiger partial charge in [0.05, 0.1) is 24.0 Å². The molecule has 1 atom stereocenters. The molecule has 0 bridgehead atoms. The molecule has 0 saturated heterocycles. The third kappa shape index (κ3) is 10.2. The number of amides is 1. The third-order valence-corrected chi connectivity index (χ3v) is 5.96. The topological polar surface area (TPSA) is 131 Å². The number of nitrogens with two attached hydrogens (primary N) is 1. The summed E-state index contributed by atoms with van der Waals surface area (Å²) in [4.78, 5) is 12.4. The number of aliphatic hydroxyl groups is 1. The number of ether oxygens (including phenoxy) is 1. The molecule has 0 aliphatic carbocycles. The fraction of sp³-hybridized carbons (Fsp3) is 0.296. The minimum atomic E-state index is -3.69. The number of anilines is 1. The van der Waals surface area contributed by atoms with E-state index in [1.165, 1.54) is 0 Å². The van der Waals surface area contributed by atoms with Crippen LogP contribution in [0.25, 0.3) is 11.1 Å². The van der Waals surface area contributed by atoms with Gasteiger partial charge in [0.1, 0.15) is 5.75 Å². The van der Waals surface area contributed by atoms with E-state index in [0.717, 1.165) is 34.9 Å². The van der Waals surface area contributed by atoms with Crippen molar-refractivity contribution in [3.05, 3.63) is 83.4 Å². The highest BCUT2D eigenvalue weighted by Crippen LogP contribution is 2.29. The number of benzene rings is 3. The number of hydrogen-bond acceptors (Lipinski definition) is 7. The van der Waals surface area contributed by atoms with Crippen LogP contribution in [-0.2, 0) is 16.4 Å². The molecule has 3 aromatic carbocycles. The van der Waals surface area contributed by atoms with E-state index in [1.54, 1.807) is 30.3 Å². The van der Waals surface area contributed by atoms with Crippen molar-refractivity contribution in [2.45, 2.75) is 32.5 Å². The zero-order chi connectivity index (χ0) is 26.3. The first kappa shape index (κ1) is 33.2. The van der Waals surface area contributed by atoms with Gasteiger partial charge in [0.15, 0.2) is 0 Å². The van der Waals surface area contributed by atoms with Crippen molar-refractivity contribution in [1.29, 1.82) is 0 Å². The van der Waals surface area contributed by atoms with E-state index >= 15 is 0 Å². The molecule has 0 heterocycles. The fourth-order valence-corrected chi connectivity index (χ4v) is 4.08. The normalized spacial score (nSPS) is 11.7.